The highest BCUT2D eigenvalue weighted by atomic mass is 35.5. The van der Waals surface area contributed by atoms with E-state index in [0.29, 0.717) is 32.7 Å². The lowest BCUT2D eigenvalue weighted by atomic mass is 9.85. The zero-order valence-electron chi connectivity index (χ0n) is 22.8. The van der Waals surface area contributed by atoms with Crippen LogP contribution in [0.15, 0.2) is 77.6 Å². The number of aliphatic carboxylic acids is 1. The first-order valence-electron chi connectivity index (χ1n) is 12.7. The Hall–Kier alpha value is -4.17. The van der Waals surface area contributed by atoms with Crippen LogP contribution in [-0.4, -0.2) is 31.7 Å². The van der Waals surface area contributed by atoms with Crippen LogP contribution in [0.5, 0.6) is 0 Å². The van der Waals surface area contributed by atoms with Gasteiger partial charge < -0.3 is 9.63 Å². The number of nitrogens with zero attached hydrogens (tertiary/aromatic N) is 3. The Morgan fingerprint density at radius 3 is 2.36 bits per heavy atom. The number of carboxylic acid groups (broad SMARTS) is 1. The largest absolute Gasteiger partial charge is 0.478 e. The monoisotopic (exact) mass is 619 g/mol. The third-order valence-corrected chi connectivity index (χ3v) is 7.55. The van der Waals surface area contributed by atoms with Crippen LogP contribution in [-0.2, 0) is 4.79 Å². The van der Waals surface area contributed by atoms with Crippen molar-refractivity contribution in [2.75, 3.05) is 0 Å². The molecule has 7 nitrogen and oxygen atoms in total. The lowest BCUT2D eigenvalue weighted by molar-refractivity contribution is -0.133. The highest BCUT2D eigenvalue weighted by Gasteiger charge is 2.30. The number of carbonyl (C=O) groups excluding carboxylic acids is 1. The first-order valence-corrected chi connectivity index (χ1v) is 13.9. The van der Waals surface area contributed by atoms with Crippen molar-refractivity contribution in [3.8, 4) is 22.6 Å². The number of hydrogen-bond donors (Lipinski definition) is 1. The first kappa shape index (κ1) is 29.3. The average molecular weight is 621 g/mol. The second-order valence-electron chi connectivity index (χ2n) is 10.5. The molecule has 5 rings (SSSR count). The highest BCUT2D eigenvalue weighted by molar-refractivity contribution is 6.42. The Kier molecular flexibility index (Phi) is 7.86. The van der Waals surface area contributed by atoms with Gasteiger partial charge in [-0.15, -0.1) is 0 Å². The fourth-order valence-corrected chi connectivity index (χ4v) is 5.65. The quantitative estimate of drug-likeness (QED) is 0.190. The lowest BCUT2D eigenvalue weighted by Gasteiger charge is -2.19. The molecule has 0 aliphatic rings. The van der Waals surface area contributed by atoms with E-state index < -0.39 is 17.3 Å². The molecule has 212 valence electrons. The van der Waals surface area contributed by atoms with Crippen LogP contribution >= 0.6 is 34.8 Å². The topological polar surface area (TPSA) is 98.2 Å². The summed E-state index contributed by atoms with van der Waals surface area (Å²) >= 11 is 19.2. The van der Waals surface area contributed by atoms with Crippen molar-refractivity contribution in [3.05, 3.63) is 105 Å². The second-order valence-corrected chi connectivity index (χ2v) is 11.8. The zero-order valence-corrected chi connectivity index (χ0v) is 25.1. The molecule has 0 aliphatic heterocycles. The van der Waals surface area contributed by atoms with Crippen LogP contribution in [0.4, 0.5) is 0 Å². The fraction of sp³-hybridized carbons (Fsp3) is 0.125. The number of rotatable bonds is 6. The summed E-state index contributed by atoms with van der Waals surface area (Å²) in [5.74, 6) is -1.32. The van der Waals surface area contributed by atoms with Gasteiger partial charge in [-0.25, -0.2) is 4.79 Å². The Morgan fingerprint density at radius 2 is 1.76 bits per heavy atom. The van der Waals surface area contributed by atoms with Crippen molar-refractivity contribution < 1.29 is 19.2 Å². The van der Waals surface area contributed by atoms with Crippen molar-refractivity contribution in [3.63, 3.8) is 0 Å². The zero-order chi connectivity index (χ0) is 30.3. The maximum absolute atomic E-state index is 14.4. The van der Waals surface area contributed by atoms with Crippen LogP contribution < -0.4 is 0 Å². The summed E-state index contributed by atoms with van der Waals surface area (Å²) in [6.45, 7) is 9.23. The molecule has 0 bridgehead atoms. The Balaban J connectivity index is 1.73. The number of carbonyl (C=O) groups is 2. The molecule has 5 aromatic rings. The van der Waals surface area contributed by atoms with Crippen molar-refractivity contribution >= 4 is 69.7 Å². The van der Waals surface area contributed by atoms with Gasteiger partial charge in [-0.1, -0.05) is 79.4 Å². The molecule has 0 fully saturated rings. The van der Waals surface area contributed by atoms with E-state index in [2.05, 4.69) is 16.7 Å². The maximum Gasteiger partial charge on any atom is 0.332 e. The van der Waals surface area contributed by atoms with Gasteiger partial charge in [-0.2, -0.15) is 0 Å². The molecule has 0 saturated carbocycles. The van der Waals surface area contributed by atoms with E-state index in [1.54, 1.807) is 54.9 Å². The van der Waals surface area contributed by atoms with Gasteiger partial charge in [0.25, 0.3) is 5.91 Å². The number of fused-ring (bicyclic) bond motifs is 1. The van der Waals surface area contributed by atoms with Crippen LogP contribution in [0.25, 0.3) is 45.6 Å². The lowest BCUT2D eigenvalue weighted by Crippen LogP contribution is -2.17. The number of carboxylic acids is 1. The third-order valence-electron chi connectivity index (χ3n) is 6.73. The molecule has 2 aromatic carbocycles. The molecule has 1 N–H and O–H groups in total. The predicted molar refractivity (Wildman–Crippen MR) is 167 cm³/mol. The van der Waals surface area contributed by atoms with Crippen molar-refractivity contribution in [2.45, 2.75) is 20.8 Å². The number of halogens is 3. The summed E-state index contributed by atoms with van der Waals surface area (Å²) in [7, 11) is 0. The SMILES string of the molecule is C=Cc1ccc(-c2onc(-c3c(Cl)cc(Cl)cc3Cl)c2C(=O)n2ccc3c(/C=C(/C(=O)O)C(C)(C)C)cccc32)cn1. The summed E-state index contributed by atoms with van der Waals surface area (Å²) in [5, 5.41) is 15.5. The summed E-state index contributed by atoms with van der Waals surface area (Å²) in [4.78, 5) is 30.8. The third kappa shape index (κ3) is 5.39. The molecule has 10 heteroatoms. The van der Waals surface area contributed by atoms with E-state index in [9.17, 15) is 14.7 Å². The Labute approximate surface area is 256 Å². The van der Waals surface area contributed by atoms with Crippen LogP contribution in [0.1, 0.15) is 42.4 Å². The van der Waals surface area contributed by atoms with E-state index in [4.69, 9.17) is 39.3 Å². The Bertz CT molecular complexity index is 1890. The van der Waals surface area contributed by atoms with Gasteiger partial charge in [0.2, 0.25) is 0 Å². The number of pyridine rings is 1. The Morgan fingerprint density at radius 1 is 1.05 bits per heavy atom. The van der Waals surface area contributed by atoms with Gasteiger partial charge in [-0.05, 0) is 59.5 Å². The highest BCUT2D eigenvalue weighted by Crippen LogP contribution is 2.42. The van der Waals surface area contributed by atoms with E-state index in [-0.39, 0.29) is 38.2 Å². The predicted octanol–water partition coefficient (Wildman–Crippen LogP) is 9.16. The summed E-state index contributed by atoms with van der Waals surface area (Å²) in [6, 6.07) is 13.6. The molecule has 42 heavy (non-hydrogen) atoms. The molecule has 0 saturated heterocycles. The van der Waals surface area contributed by atoms with Crippen LogP contribution in [0, 0.1) is 5.41 Å². The molecule has 0 radical (unpaired) electrons. The number of aromatic nitrogens is 3. The molecular formula is C32H24Cl3N3O4. The van der Waals surface area contributed by atoms with E-state index >= 15 is 0 Å². The molecular weight excluding hydrogens is 597 g/mol. The molecule has 3 heterocycles. The van der Waals surface area contributed by atoms with Crippen molar-refractivity contribution in [2.24, 2.45) is 5.41 Å². The summed E-state index contributed by atoms with van der Waals surface area (Å²) in [6.07, 6.45) is 6.41. The number of hydrogen-bond acceptors (Lipinski definition) is 5. The van der Waals surface area contributed by atoms with Crippen LogP contribution in [0.3, 0.4) is 0 Å². The minimum absolute atomic E-state index is 0.105. The maximum atomic E-state index is 14.4. The van der Waals surface area contributed by atoms with Gasteiger partial charge in [0.15, 0.2) is 5.76 Å². The van der Waals surface area contributed by atoms with Gasteiger partial charge in [0.05, 0.1) is 21.3 Å². The number of benzene rings is 2. The molecule has 3 aromatic heterocycles. The first-order chi connectivity index (χ1) is 19.9. The molecule has 0 amide bonds. The minimum atomic E-state index is -1.01. The smallest absolute Gasteiger partial charge is 0.332 e. The summed E-state index contributed by atoms with van der Waals surface area (Å²) in [5.41, 5.74) is 2.51. The second kappa shape index (κ2) is 11.2. The fourth-order valence-electron chi connectivity index (χ4n) is 4.65. The van der Waals surface area contributed by atoms with E-state index in [1.807, 2.05) is 26.8 Å². The molecule has 0 atom stereocenters. The van der Waals surface area contributed by atoms with Gasteiger partial charge in [0.1, 0.15) is 11.3 Å². The normalized spacial score (nSPS) is 12.1. The van der Waals surface area contributed by atoms with Crippen molar-refractivity contribution in [1.82, 2.24) is 14.7 Å². The van der Waals surface area contributed by atoms with Gasteiger partial charge >= 0.3 is 5.97 Å². The standard InChI is InChI=1S/C32H24Cl3N3O4/c1-5-20-10-9-18(16-36-20)29-27(28(37-42-29)26-23(34)14-19(33)15-24(26)35)30(39)38-12-11-21-17(7-6-8-25(21)38)13-22(31(40)41)32(2,3)4/h5-16H,1H2,2-4H3,(H,40,41)/b22-13-. The molecule has 0 unspecified atom stereocenters. The summed E-state index contributed by atoms with van der Waals surface area (Å²) < 4.78 is 7.20. The average Bonchev–Trinajstić information content (AvgIpc) is 3.55. The van der Waals surface area contributed by atoms with Crippen molar-refractivity contribution in [1.29, 1.82) is 0 Å². The van der Waals surface area contributed by atoms with Crippen LogP contribution in [0.2, 0.25) is 15.1 Å². The van der Waals surface area contributed by atoms with Gasteiger partial charge in [0, 0.05) is 39.5 Å². The minimum Gasteiger partial charge on any atom is -0.478 e. The molecule has 0 aliphatic carbocycles. The molecule has 0 spiro atoms. The van der Waals surface area contributed by atoms with Gasteiger partial charge in [-0.3, -0.25) is 14.3 Å². The van der Waals surface area contributed by atoms with E-state index in [0.717, 1.165) is 0 Å². The van der Waals surface area contributed by atoms with E-state index in [1.165, 1.54) is 16.7 Å².